The number of nitrogens with zero attached hydrogens (tertiary/aromatic N) is 1. The third kappa shape index (κ3) is 5.41. The van der Waals surface area contributed by atoms with Crippen LogP contribution >= 0.6 is 0 Å². The Morgan fingerprint density at radius 1 is 1.24 bits per heavy atom. The Balaban J connectivity index is 1.32. The van der Waals surface area contributed by atoms with Gasteiger partial charge in [-0.3, -0.25) is 9.69 Å². The summed E-state index contributed by atoms with van der Waals surface area (Å²) in [6, 6.07) is 9.57. The zero-order valence-corrected chi connectivity index (χ0v) is 16.8. The predicted molar refractivity (Wildman–Crippen MR) is 111 cm³/mol. The highest BCUT2D eigenvalue weighted by Gasteiger charge is 2.27. The summed E-state index contributed by atoms with van der Waals surface area (Å²) >= 11 is 0. The molecule has 2 aliphatic rings. The van der Waals surface area contributed by atoms with Crippen LogP contribution in [-0.2, 0) is 0 Å². The third-order valence-electron chi connectivity index (χ3n) is 5.36. The Labute approximate surface area is 171 Å². The summed E-state index contributed by atoms with van der Waals surface area (Å²) in [7, 11) is 1.62. The van der Waals surface area contributed by atoms with Crippen molar-refractivity contribution >= 4 is 12.0 Å². The summed E-state index contributed by atoms with van der Waals surface area (Å²) in [5, 5.41) is 3.04. The lowest BCUT2D eigenvalue weighted by Gasteiger charge is -2.31. The average molecular weight is 396 g/mol. The Bertz CT molecular complexity index is 835. The van der Waals surface area contributed by atoms with E-state index >= 15 is 0 Å². The fraction of sp³-hybridized carbons (Fsp3) is 0.435. The molecule has 1 amide bonds. The van der Waals surface area contributed by atoms with Gasteiger partial charge in [-0.15, -0.1) is 0 Å². The van der Waals surface area contributed by atoms with E-state index in [1.165, 1.54) is 0 Å². The van der Waals surface area contributed by atoms with Crippen LogP contribution in [0.5, 0.6) is 11.5 Å². The average Bonchev–Trinajstić information content (AvgIpc) is 3.40. The molecule has 0 radical (unpaired) electrons. The second-order valence-electron chi connectivity index (χ2n) is 7.65. The van der Waals surface area contributed by atoms with Crippen molar-refractivity contribution in [3.05, 3.63) is 54.0 Å². The number of hydrogen-bond donors (Lipinski definition) is 1. The Kier molecular flexibility index (Phi) is 6.20. The number of hydrogen-bond acceptors (Lipinski definition) is 5. The van der Waals surface area contributed by atoms with Crippen molar-refractivity contribution < 1.29 is 18.7 Å². The number of carbonyl (C=O) groups excluding carboxylic acids is 1. The van der Waals surface area contributed by atoms with Crippen LogP contribution in [0.3, 0.4) is 0 Å². The van der Waals surface area contributed by atoms with Gasteiger partial charge in [0.25, 0.3) is 5.91 Å². The van der Waals surface area contributed by atoms with Crippen LogP contribution in [-0.4, -0.2) is 49.7 Å². The van der Waals surface area contributed by atoms with Crippen LogP contribution in [0, 0.1) is 0 Å². The minimum absolute atomic E-state index is 0.0642. The van der Waals surface area contributed by atoms with E-state index in [9.17, 15) is 4.79 Å². The maximum Gasteiger partial charge on any atom is 0.255 e. The van der Waals surface area contributed by atoms with Gasteiger partial charge >= 0.3 is 0 Å². The van der Waals surface area contributed by atoms with Crippen LogP contribution in [0.15, 0.2) is 47.1 Å². The molecule has 0 atom stereocenters. The number of ether oxygens (including phenoxy) is 2. The molecule has 0 spiro atoms. The first kappa shape index (κ1) is 19.6. The maximum absolute atomic E-state index is 12.6. The van der Waals surface area contributed by atoms with Gasteiger partial charge < -0.3 is 19.2 Å². The molecule has 2 aromatic rings. The number of methoxy groups -OCH3 is 1. The monoisotopic (exact) mass is 396 g/mol. The van der Waals surface area contributed by atoms with E-state index in [-0.39, 0.29) is 12.0 Å². The molecule has 2 fully saturated rings. The quantitative estimate of drug-likeness (QED) is 0.737. The van der Waals surface area contributed by atoms with Crippen LogP contribution in [0.1, 0.15) is 41.8 Å². The maximum atomic E-state index is 12.6. The molecule has 29 heavy (non-hydrogen) atoms. The number of benzene rings is 1. The number of rotatable bonds is 8. The molecule has 4 rings (SSSR count). The van der Waals surface area contributed by atoms with Gasteiger partial charge in [0.2, 0.25) is 0 Å². The third-order valence-corrected chi connectivity index (χ3v) is 5.36. The Morgan fingerprint density at radius 2 is 2.07 bits per heavy atom. The number of nitrogens with one attached hydrogen (secondary N) is 1. The highest BCUT2D eigenvalue weighted by molar-refractivity contribution is 5.97. The van der Waals surface area contributed by atoms with Crippen LogP contribution in [0.2, 0.25) is 0 Å². The van der Waals surface area contributed by atoms with E-state index in [1.807, 2.05) is 30.3 Å². The minimum Gasteiger partial charge on any atom is -0.497 e. The van der Waals surface area contributed by atoms with E-state index in [1.54, 1.807) is 19.4 Å². The van der Waals surface area contributed by atoms with E-state index in [0.29, 0.717) is 23.1 Å². The van der Waals surface area contributed by atoms with E-state index in [4.69, 9.17) is 13.9 Å². The summed E-state index contributed by atoms with van der Waals surface area (Å²) in [6.07, 6.45) is 9.88. The molecule has 1 N–H and O–H groups in total. The van der Waals surface area contributed by atoms with Gasteiger partial charge in [0, 0.05) is 31.7 Å². The molecule has 0 unspecified atom stereocenters. The molecule has 154 valence electrons. The Morgan fingerprint density at radius 3 is 2.76 bits per heavy atom. The summed E-state index contributed by atoms with van der Waals surface area (Å²) in [5.41, 5.74) is 0.585. The van der Waals surface area contributed by atoms with Crippen LogP contribution in [0.25, 0.3) is 6.08 Å². The van der Waals surface area contributed by atoms with Gasteiger partial charge in [-0.1, -0.05) is 6.08 Å². The number of likely N-dealkylation sites (tertiary alicyclic amines) is 1. The lowest BCUT2D eigenvalue weighted by atomic mass is 10.1. The second kappa shape index (κ2) is 9.18. The van der Waals surface area contributed by atoms with Crippen molar-refractivity contribution in [2.24, 2.45) is 0 Å². The molecular formula is C23H28N2O4. The van der Waals surface area contributed by atoms with Gasteiger partial charge in [-0.05, 0) is 56.0 Å². The normalized spacial score (nSPS) is 18.1. The van der Waals surface area contributed by atoms with Crippen molar-refractivity contribution in [3.8, 4) is 11.5 Å². The van der Waals surface area contributed by atoms with Crippen molar-refractivity contribution in [2.45, 2.75) is 37.8 Å². The molecule has 6 heteroatoms. The number of amides is 1. The zero-order valence-electron chi connectivity index (χ0n) is 16.8. The lowest BCUT2D eigenvalue weighted by Crippen LogP contribution is -2.38. The molecule has 6 nitrogen and oxygen atoms in total. The standard InChI is InChI=1S/C23H28N2O4/c1-27-20-8-9-21(23(26)24-17-6-7-17)22(16-20)29-19-10-13-25(14-11-19)12-2-4-18-5-3-15-28-18/h2-5,8-9,15-17,19H,6-7,10-14H2,1H3,(H,24,26)/b4-2+. The van der Waals surface area contributed by atoms with Crippen molar-refractivity contribution in [3.63, 3.8) is 0 Å². The van der Waals surface area contributed by atoms with Crippen molar-refractivity contribution in [1.82, 2.24) is 10.2 Å². The topological polar surface area (TPSA) is 63.9 Å². The number of carbonyl (C=O) groups is 1. The number of furan rings is 1. The molecule has 1 aliphatic carbocycles. The fourth-order valence-electron chi connectivity index (χ4n) is 3.50. The summed E-state index contributed by atoms with van der Waals surface area (Å²) in [5.74, 6) is 2.12. The van der Waals surface area contributed by atoms with Crippen LogP contribution < -0.4 is 14.8 Å². The summed E-state index contributed by atoms with van der Waals surface area (Å²) in [6.45, 7) is 2.81. The molecule has 1 aromatic heterocycles. The highest BCUT2D eigenvalue weighted by atomic mass is 16.5. The smallest absolute Gasteiger partial charge is 0.255 e. The van der Waals surface area contributed by atoms with E-state index in [0.717, 1.165) is 51.1 Å². The lowest BCUT2D eigenvalue weighted by molar-refractivity contribution is 0.0916. The first-order valence-corrected chi connectivity index (χ1v) is 10.3. The van der Waals surface area contributed by atoms with Gasteiger partial charge in [-0.2, -0.15) is 0 Å². The van der Waals surface area contributed by atoms with Gasteiger partial charge in [0.05, 0.1) is 18.9 Å². The van der Waals surface area contributed by atoms with Crippen molar-refractivity contribution in [1.29, 1.82) is 0 Å². The summed E-state index contributed by atoms with van der Waals surface area (Å²) < 4.78 is 16.9. The fourth-order valence-corrected chi connectivity index (χ4v) is 3.50. The highest BCUT2D eigenvalue weighted by Crippen LogP contribution is 2.29. The minimum atomic E-state index is -0.0642. The van der Waals surface area contributed by atoms with Gasteiger partial charge in [-0.25, -0.2) is 0 Å². The molecule has 2 heterocycles. The molecule has 1 saturated carbocycles. The predicted octanol–water partition coefficient (Wildman–Crippen LogP) is 3.74. The molecule has 1 aromatic carbocycles. The van der Waals surface area contributed by atoms with E-state index < -0.39 is 0 Å². The number of piperidine rings is 1. The largest absolute Gasteiger partial charge is 0.497 e. The van der Waals surface area contributed by atoms with E-state index in [2.05, 4.69) is 16.3 Å². The first-order chi connectivity index (χ1) is 14.2. The van der Waals surface area contributed by atoms with Crippen molar-refractivity contribution in [2.75, 3.05) is 26.7 Å². The first-order valence-electron chi connectivity index (χ1n) is 10.3. The zero-order chi connectivity index (χ0) is 20.1. The summed E-state index contributed by atoms with van der Waals surface area (Å²) in [4.78, 5) is 15.0. The molecular weight excluding hydrogens is 368 g/mol. The SMILES string of the molecule is COc1ccc(C(=O)NC2CC2)c(OC2CCN(C/C=C/c3ccco3)CC2)c1. The van der Waals surface area contributed by atoms with Gasteiger partial charge in [0.15, 0.2) is 0 Å². The second-order valence-corrected chi connectivity index (χ2v) is 7.65. The molecule has 1 aliphatic heterocycles. The molecule has 1 saturated heterocycles. The van der Waals surface area contributed by atoms with Crippen LogP contribution in [0.4, 0.5) is 0 Å². The molecule has 0 bridgehead atoms. The Hall–Kier alpha value is -2.73. The van der Waals surface area contributed by atoms with Gasteiger partial charge in [0.1, 0.15) is 23.4 Å².